The molecule has 3 aromatic rings. The van der Waals surface area contributed by atoms with E-state index in [2.05, 4.69) is 15.3 Å². The number of rotatable bonds is 4. The summed E-state index contributed by atoms with van der Waals surface area (Å²) < 4.78 is 1.66. The van der Waals surface area contributed by atoms with Crippen molar-refractivity contribution in [1.29, 1.82) is 0 Å². The second-order valence-corrected chi connectivity index (χ2v) is 5.45. The van der Waals surface area contributed by atoms with Crippen molar-refractivity contribution in [1.82, 2.24) is 20.0 Å². The molecule has 0 amide bonds. The lowest BCUT2D eigenvalue weighted by molar-refractivity contribution is 0.170. The molecular weight excluding hydrogens is 272 g/mol. The fourth-order valence-electron chi connectivity index (χ4n) is 2.01. The molecule has 0 aliphatic heterocycles. The van der Waals surface area contributed by atoms with Gasteiger partial charge in [0.1, 0.15) is 6.10 Å². The molecule has 0 saturated carbocycles. The summed E-state index contributed by atoms with van der Waals surface area (Å²) in [5.74, 6) is 0. The normalized spacial score (nSPS) is 12.5. The van der Waals surface area contributed by atoms with Crippen molar-refractivity contribution < 1.29 is 5.11 Å². The third kappa shape index (κ3) is 2.61. The molecule has 0 aliphatic carbocycles. The van der Waals surface area contributed by atoms with Crippen molar-refractivity contribution in [3.05, 3.63) is 58.3 Å². The summed E-state index contributed by atoms with van der Waals surface area (Å²) >= 11 is 1.56. The van der Waals surface area contributed by atoms with Gasteiger partial charge in [-0.3, -0.25) is 0 Å². The largest absolute Gasteiger partial charge is 0.386 e. The van der Waals surface area contributed by atoms with Crippen molar-refractivity contribution >= 4 is 11.3 Å². The molecule has 0 spiro atoms. The van der Waals surface area contributed by atoms with Crippen molar-refractivity contribution in [3.8, 4) is 5.69 Å². The number of hydrogen-bond donors (Lipinski definition) is 1. The summed E-state index contributed by atoms with van der Waals surface area (Å²) in [5.41, 5.74) is 2.53. The summed E-state index contributed by atoms with van der Waals surface area (Å²) in [6.07, 6.45) is 1.40. The summed E-state index contributed by atoms with van der Waals surface area (Å²) in [6.45, 7) is 1.95. The van der Waals surface area contributed by atoms with Crippen LogP contribution >= 0.6 is 11.3 Å². The van der Waals surface area contributed by atoms with Crippen LogP contribution in [0, 0.1) is 6.92 Å². The molecule has 5 nitrogen and oxygen atoms in total. The number of para-hydroxylation sites is 1. The highest BCUT2D eigenvalue weighted by molar-refractivity contribution is 7.09. The molecule has 0 radical (unpaired) electrons. The SMILES string of the molecule is Cc1csc(CC(O)c2cnnn2-c2ccccc2)n1. The van der Waals surface area contributed by atoms with Crippen molar-refractivity contribution in [2.75, 3.05) is 0 Å². The maximum atomic E-state index is 10.4. The first kappa shape index (κ1) is 13.0. The molecular formula is C14H14N4OS. The summed E-state index contributed by atoms with van der Waals surface area (Å²) in [5, 5.41) is 21.2. The first-order valence-electron chi connectivity index (χ1n) is 6.29. The van der Waals surface area contributed by atoms with Gasteiger partial charge in [0.15, 0.2) is 0 Å². The highest BCUT2D eigenvalue weighted by Crippen LogP contribution is 2.21. The van der Waals surface area contributed by atoms with Crippen LogP contribution in [0.25, 0.3) is 5.69 Å². The molecule has 3 rings (SSSR count). The van der Waals surface area contributed by atoms with Gasteiger partial charge in [-0.2, -0.15) is 0 Å². The molecule has 102 valence electrons. The van der Waals surface area contributed by atoms with E-state index in [0.29, 0.717) is 12.1 Å². The van der Waals surface area contributed by atoms with Gasteiger partial charge >= 0.3 is 0 Å². The third-order valence-electron chi connectivity index (χ3n) is 2.95. The molecule has 2 aromatic heterocycles. The van der Waals surface area contributed by atoms with Crippen LogP contribution in [0.3, 0.4) is 0 Å². The minimum Gasteiger partial charge on any atom is -0.386 e. The molecule has 1 N–H and O–H groups in total. The number of aryl methyl sites for hydroxylation is 1. The monoisotopic (exact) mass is 286 g/mol. The Morgan fingerprint density at radius 2 is 2.10 bits per heavy atom. The Hall–Kier alpha value is -2.05. The fraction of sp³-hybridized carbons (Fsp3) is 0.214. The lowest BCUT2D eigenvalue weighted by atomic mass is 10.2. The van der Waals surface area contributed by atoms with Crippen LogP contribution in [0.4, 0.5) is 0 Å². The second-order valence-electron chi connectivity index (χ2n) is 4.51. The first-order chi connectivity index (χ1) is 9.74. The lowest BCUT2D eigenvalue weighted by Crippen LogP contribution is -2.09. The topological polar surface area (TPSA) is 63.8 Å². The fourth-order valence-corrected chi connectivity index (χ4v) is 2.82. The molecule has 20 heavy (non-hydrogen) atoms. The highest BCUT2D eigenvalue weighted by Gasteiger charge is 2.17. The number of aliphatic hydroxyl groups excluding tert-OH is 1. The van der Waals surface area contributed by atoms with E-state index in [-0.39, 0.29) is 0 Å². The third-order valence-corrected chi connectivity index (χ3v) is 3.94. The second kappa shape index (κ2) is 5.52. The van der Waals surface area contributed by atoms with Crippen molar-refractivity contribution in [3.63, 3.8) is 0 Å². The molecule has 1 aromatic carbocycles. The molecule has 1 unspecified atom stereocenters. The van der Waals surface area contributed by atoms with Crippen molar-refractivity contribution in [2.24, 2.45) is 0 Å². The quantitative estimate of drug-likeness (QED) is 0.799. The Kier molecular flexibility index (Phi) is 3.58. The van der Waals surface area contributed by atoms with E-state index < -0.39 is 6.10 Å². The van der Waals surface area contributed by atoms with Gasteiger partial charge in [-0.15, -0.1) is 16.4 Å². The van der Waals surface area contributed by atoms with Crippen LogP contribution in [-0.4, -0.2) is 25.1 Å². The van der Waals surface area contributed by atoms with E-state index in [0.717, 1.165) is 16.4 Å². The minimum absolute atomic E-state index is 0.471. The van der Waals surface area contributed by atoms with Crippen molar-refractivity contribution in [2.45, 2.75) is 19.4 Å². The summed E-state index contributed by atoms with van der Waals surface area (Å²) in [6, 6.07) is 9.65. The first-order valence-corrected chi connectivity index (χ1v) is 7.17. The number of aromatic nitrogens is 4. The van der Waals surface area contributed by atoms with Crippen LogP contribution in [0.2, 0.25) is 0 Å². The van der Waals surface area contributed by atoms with E-state index in [1.54, 1.807) is 22.2 Å². The predicted molar refractivity (Wildman–Crippen MR) is 76.9 cm³/mol. The number of benzene rings is 1. The van der Waals surface area contributed by atoms with Gasteiger partial charge in [0, 0.05) is 17.5 Å². The van der Waals surface area contributed by atoms with Gasteiger partial charge in [-0.1, -0.05) is 23.4 Å². The average molecular weight is 286 g/mol. The van der Waals surface area contributed by atoms with Crippen LogP contribution in [0.1, 0.15) is 22.5 Å². The Morgan fingerprint density at radius 1 is 1.30 bits per heavy atom. The van der Waals surface area contributed by atoms with E-state index in [9.17, 15) is 5.11 Å². The maximum Gasteiger partial charge on any atom is 0.104 e. The highest BCUT2D eigenvalue weighted by atomic mass is 32.1. The molecule has 0 saturated heterocycles. The predicted octanol–water partition coefficient (Wildman–Crippen LogP) is 2.31. The number of hydrogen-bond acceptors (Lipinski definition) is 5. The standard InChI is InChI=1S/C14H14N4OS/c1-10-9-20-14(16-10)7-13(19)12-8-15-17-18(12)11-5-3-2-4-6-11/h2-6,8-9,13,19H,7H2,1H3. The Balaban J connectivity index is 1.86. The summed E-state index contributed by atoms with van der Waals surface area (Å²) in [7, 11) is 0. The van der Waals surface area contributed by atoms with Crippen LogP contribution in [0.5, 0.6) is 0 Å². The van der Waals surface area contributed by atoms with Crippen LogP contribution in [-0.2, 0) is 6.42 Å². The molecule has 6 heteroatoms. The Bertz CT molecular complexity index is 692. The van der Waals surface area contributed by atoms with Gasteiger partial charge in [0.2, 0.25) is 0 Å². The molecule has 1 atom stereocenters. The summed E-state index contributed by atoms with van der Waals surface area (Å²) in [4.78, 5) is 4.37. The van der Waals surface area contributed by atoms with Gasteiger partial charge in [-0.05, 0) is 19.1 Å². The van der Waals surface area contributed by atoms with Crippen LogP contribution in [0.15, 0.2) is 41.9 Å². The van der Waals surface area contributed by atoms with Gasteiger partial charge in [-0.25, -0.2) is 9.67 Å². The van der Waals surface area contributed by atoms with Crippen LogP contribution < -0.4 is 0 Å². The molecule has 0 fully saturated rings. The number of aliphatic hydroxyl groups is 1. The molecule has 0 aliphatic rings. The van der Waals surface area contributed by atoms with E-state index in [1.807, 2.05) is 42.6 Å². The van der Waals surface area contributed by atoms with Gasteiger partial charge < -0.3 is 5.11 Å². The van der Waals surface area contributed by atoms with E-state index in [4.69, 9.17) is 0 Å². The molecule has 2 heterocycles. The zero-order valence-corrected chi connectivity index (χ0v) is 11.8. The maximum absolute atomic E-state index is 10.4. The van der Waals surface area contributed by atoms with Gasteiger partial charge in [0.05, 0.1) is 22.6 Å². The smallest absolute Gasteiger partial charge is 0.104 e. The average Bonchev–Trinajstić information content (AvgIpc) is 3.09. The zero-order valence-electron chi connectivity index (χ0n) is 11.0. The van der Waals surface area contributed by atoms with E-state index in [1.165, 1.54) is 0 Å². The molecule has 0 bridgehead atoms. The number of thiazole rings is 1. The van der Waals surface area contributed by atoms with Gasteiger partial charge in [0.25, 0.3) is 0 Å². The lowest BCUT2D eigenvalue weighted by Gasteiger charge is -2.11. The zero-order chi connectivity index (χ0) is 13.9. The Morgan fingerprint density at radius 3 is 2.80 bits per heavy atom. The number of nitrogens with zero attached hydrogens (tertiary/aromatic N) is 4. The minimum atomic E-state index is -0.671. The van der Waals surface area contributed by atoms with E-state index >= 15 is 0 Å². The Labute approximate surface area is 120 Å².